The molecule has 4 aromatic rings. The lowest BCUT2D eigenvalue weighted by Gasteiger charge is -2.08. The van der Waals surface area contributed by atoms with Crippen molar-refractivity contribution in [1.29, 1.82) is 0 Å². The van der Waals surface area contributed by atoms with Crippen molar-refractivity contribution in [2.24, 2.45) is 0 Å². The van der Waals surface area contributed by atoms with E-state index < -0.39 is 11.7 Å². The minimum atomic E-state index is -0.459. The molecule has 7 nitrogen and oxygen atoms in total. The molecular formula is C27H25NO6. The van der Waals surface area contributed by atoms with Gasteiger partial charge < -0.3 is 19.2 Å². The number of hydrogen-bond donors (Lipinski definition) is 1. The summed E-state index contributed by atoms with van der Waals surface area (Å²) in [6.45, 7) is 0.702. The first-order valence-corrected chi connectivity index (χ1v) is 11.2. The van der Waals surface area contributed by atoms with Gasteiger partial charge in [0.15, 0.2) is 0 Å². The summed E-state index contributed by atoms with van der Waals surface area (Å²) in [6.07, 6.45) is 1.90. The number of carbonyl (C=O) groups is 2. The van der Waals surface area contributed by atoms with Crippen molar-refractivity contribution >= 4 is 33.8 Å². The monoisotopic (exact) mass is 459 g/mol. The Labute approximate surface area is 196 Å². The Balaban J connectivity index is 1.17. The van der Waals surface area contributed by atoms with Gasteiger partial charge in [-0.05, 0) is 42.0 Å². The second-order valence-corrected chi connectivity index (χ2v) is 7.87. The molecule has 0 fully saturated rings. The van der Waals surface area contributed by atoms with Gasteiger partial charge in [-0.1, -0.05) is 55.0 Å². The molecule has 3 aromatic carbocycles. The number of amides is 1. The molecule has 1 aromatic heterocycles. The lowest BCUT2D eigenvalue weighted by molar-refractivity contribution is -0.134. The van der Waals surface area contributed by atoms with Crippen LogP contribution in [0.25, 0.3) is 21.7 Å². The third-order valence-electron chi connectivity index (χ3n) is 5.36. The molecule has 0 saturated carbocycles. The molecule has 1 N–H and O–H groups in total. The number of esters is 1. The number of nitrogens with one attached hydrogen (secondary N) is 1. The van der Waals surface area contributed by atoms with E-state index in [4.69, 9.17) is 13.9 Å². The maximum Gasteiger partial charge on any atom is 0.407 e. The molecule has 34 heavy (non-hydrogen) atoms. The van der Waals surface area contributed by atoms with Crippen molar-refractivity contribution in [3.63, 3.8) is 0 Å². The Morgan fingerprint density at radius 3 is 2.41 bits per heavy atom. The van der Waals surface area contributed by atoms with E-state index in [9.17, 15) is 14.4 Å². The molecule has 0 radical (unpaired) electrons. The van der Waals surface area contributed by atoms with Crippen LogP contribution in [0.5, 0.6) is 5.75 Å². The van der Waals surface area contributed by atoms with E-state index in [2.05, 4.69) is 5.32 Å². The minimum absolute atomic E-state index is 0.229. The summed E-state index contributed by atoms with van der Waals surface area (Å²) < 4.78 is 15.9. The van der Waals surface area contributed by atoms with E-state index in [0.717, 1.165) is 29.2 Å². The second-order valence-electron chi connectivity index (χ2n) is 7.87. The summed E-state index contributed by atoms with van der Waals surface area (Å²) in [5, 5.41) is 4.79. The fourth-order valence-corrected chi connectivity index (χ4v) is 3.64. The van der Waals surface area contributed by atoms with Crippen LogP contribution < -0.4 is 15.7 Å². The van der Waals surface area contributed by atoms with Crippen LogP contribution in [0.3, 0.4) is 0 Å². The number of rotatable bonds is 9. The zero-order chi connectivity index (χ0) is 23.8. The lowest BCUT2D eigenvalue weighted by atomic mass is 10.1. The van der Waals surface area contributed by atoms with Crippen LogP contribution in [0, 0.1) is 0 Å². The number of fused-ring (bicyclic) bond motifs is 3. The number of alkyl carbamates (subject to hydrolysis) is 1. The third kappa shape index (κ3) is 6.01. The minimum Gasteiger partial charge on any atom is -0.445 e. The molecular weight excluding hydrogens is 434 g/mol. The van der Waals surface area contributed by atoms with Gasteiger partial charge in [0.1, 0.15) is 17.9 Å². The molecule has 7 heteroatoms. The molecule has 174 valence electrons. The molecule has 0 atom stereocenters. The van der Waals surface area contributed by atoms with Crippen molar-refractivity contribution in [3.05, 3.63) is 88.8 Å². The van der Waals surface area contributed by atoms with Gasteiger partial charge in [0.2, 0.25) is 0 Å². The van der Waals surface area contributed by atoms with Gasteiger partial charge in [0, 0.05) is 24.4 Å². The molecule has 0 saturated heterocycles. The molecule has 0 spiro atoms. The molecule has 0 unspecified atom stereocenters. The number of carbonyl (C=O) groups excluding carboxylic acids is 2. The average Bonchev–Trinajstić information content (AvgIpc) is 2.85. The molecule has 1 amide bonds. The zero-order valence-electron chi connectivity index (χ0n) is 18.6. The van der Waals surface area contributed by atoms with Crippen molar-refractivity contribution in [1.82, 2.24) is 5.32 Å². The first-order valence-electron chi connectivity index (χ1n) is 11.2. The van der Waals surface area contributed by atoms with Crippen LogP contribution >= 0.6 is 0 Å². The summed E-state index contributed by atoms with van der Waals surface area (Å²) in [6, 6.07) is 21.7. The summed E-state index contributed by atoms with van der Waals surface area (Å²) in [7, 11) is 0. The van der Waals surface area contributed by atoms with Gasteiger partial charge in [-0.3, -0.25) is 4.79 Å². The van der Waals surface area contributed by atoms with Gasteiger partial charge >= 0.3 is 17.7 Å². The van der Waals surface area contributed by atoms with Gasteiger partial charge in [-0.25, -0.2) is 9.59 Å². The van der Waals surface area contributed by atoms with Crippen molar-refractivity contribution in [2.45, 2.75) is 32.3 Å². The summed E-state index contributed by atoms with van der Waals surface area (Å²) in [5.74, 6) is -0.0310. The van der Waals surface area contributed by atoms with Crippen LogP contribution in [0.2, 0.25) is 0 Å². The summed E-state index contributed by atoms with van der Waals surface area (Å²) in [4.78, 5) is 36.1. The van der Waals surface area contributed by atoms with Crippen LogP contribution in [-0.2, 0) is 16.1 Å². The average molecular weight is 459 g/mol. The van der Waals surface area contributed by atoms with Crippen molar-refractivity contribution in [3.8, 4) is 5.75 Å². The maximum absolute atomic E-state index is 12.2. The largest absolute Gasteiger partial charge is 0.445 e. The highest BCUT2D eigenvalue weighted by Crippen LogP contribution is 2.26. The Bertz CT molecular complexity index is 1350. The van der Waals surface area contributed by atoms with Crippen molar-refractivity contribution < 1.29 is 23.5 Å². The van der Waals surface area contributed by atoms with Crippen LogP contribution in [-0.4, -0.2) is 18.6 Å². The number of ether oxygens (including phenoxy) is 2. The predicted molar refractivity (Wildman–Crippen MR) is 129 cm³/mol. The van der Waals surface area contributed by atoms with Crippen molar-refractivity contribution in [2.75, 3.05) is 6.54 Å². The molecule has 0 aliphatic carbocycles. The molecule has 1 heterocycles. The Kier molecular flexibility index (Phi) is 7.55. The van der Waals surface area contributed by atoms with E-state index in [-0.39, 0.29) is 19.0 Å². The zero-order valence-corrected chi connectivity index (χ0v) is 18.6. The third-order valence-corrected chi connectivity index (χ3v) is 5.36. The first kappa shape index (κ1) is 23.0. The van der Waals surface area contributed by atoms with E-state index in [1.54, 1.807) is 30.3 Å². The SMILES string of the molecule is O=C(CCCCCNC(=O)OCc1ccccc1)Oc1ccc2c(c1)oc(=O)c1ccccc12. The first-order chi connectivity index (χ1) is 16.6. The highest BCUT2D eigenvalue weighted by Gasteiger charge is 2.10. The summed E-state index contributed by atoms with van der Waals surface area (Å²) >= 11 is 0. The fraction of sp³-hybridized carbons (Fsp3) is 0.222. The maximum atomic E-state index is 12.2. The number of unbranched alkanes of at least 4 members (excludes halogenated alkanes) is 2. The molecule has 0 aliphatic rings. The smallest absolute Gasteiger partial charge is 0.407 e. The molecule has 0 bridgehead atoms. The van der Waals surface area contributed by atoms with Gasteiger partial charge in [-0.2, -0.15) is 0 Å². The highest BCUT2D eigenvalue weighted by molar-refractivity contribution is 6.04. The number of benzene rings is 3. The topological polar surface area (TPSA) is 94.8 Å². The molecule has 4 rings (SSSR count). The van der Waals surface area contributed by atoms with Gasteiger partial charge in [0.05, 0.1) is 5.39 Å². The van der Waals surface area contributed by atoms with Crippen LogP contribution in [0.4, 0.5) is 4.79 Å². The number of hydrogen-bond acceptors (Lipinski definition) is 6. The van der Waals surface area contributed by atoms with E-state index >= 15 is 0 Å². The fourth-order valence-electron chi connectivity index (χ4n) is 3.64. The van der Waals surface area contributed by atoms with Crippen LogP contribution in [0.15, 0.2) is 82.0 Å². The quantitative estimate of drug-likeness (QED) is 0.119. The standard InChI is InChI=1S/C27H25NO6/c29-25(13-5-2-8-16-28-27(31)32-18-19-9-3-1-4-10-19)33-20-14-15-22-21-11-6-7-12-23(21)26(30)34-24(22)17-20/h1,3-4,6-7,9-12,14-15,17H,2,5,8,13,16,18H2,(H,28,31). The van der Waals surface area contributed by atoms with E-state index in [1.165, 1.54) is 0 Å². The predicted octanol–water partition coefficient (Wildman–Crippen LogP) is 5.34. The normalized spacial score (nSPS) is 10.8. The Hall–Kier alpha value is -4.13. The van der Waals surface area contributed by atoms with Gasteiger partial charge in [-0.15, -0.1) is 0 Å². The Morgan fingerprint density at radius 2 is 1.59 bits per heavy atom. The van der Waals surface area contributed by atoms with E-state index in [0.29, 0.717) is 29.7 Å². The van der Waals surface area contributed by atoms with E-state index in [1.807, 2.05) is 42.5 Å². The lowest BCUT2D eigenvalue weighted by Crippen LogP contribution is -2.25. The van der Waals surface area contributed by atoms with Gasteiger partial charge in [0.25, 0.3) is 0 Å². The molecule has 0 aliphatic heterocycles. The van der Waals surface area contributed by atoms with Crippen LogP contribution in [0.1, 0.15) is 31.2 Å². The summed E-state index contributed by atoms with van der Waals surface area (Å²) in [5.41, 5.74) is 0.876. The highest BCUT2D eigenvalue weighted by atomic mass is 16.5. The second kappa shape index (κ2) is 11.1. The Morgan fingerprint density at radius 1 is 0.824 bits per heavy atom.